The van der Waals surface area contributed by atoms with Crippen LogP contribution in [-0.4, -0.2) is 98.5 Å². The second-order valence-electron chi connectivity index (χ2n) is 9.59. The standard InChI is InChI=1S/C27H35N3O7/c31-26(30(17-22-4-1-12-34-22)18-23-5-2-13-35-23)19-29(9-3-8-28-10-14-33-15-11-28)27(32)21-6-7-24-25(16-21)37-20-36-24/h1,4,6-7,12,16,23H,2-3,5,8-11,13-15,17-20H2. The van der Waals surface area contributed by atoms with E-state index in [-0.39, 0.29) is 31.3 Å². The SMILES string of the molecule is O=C(CN(CCCN1CCOCC1)C(=O)c1ccc2c(c1)OCO2)N(Cc1ccco1)CC1CCCO1. The second-order valence-corrected chi connectivity index (χ2v) is 9.59. The Kier molecular flexibility index (Phi) is 8.60. The maximum absolute atomic E-state index is 13.6. The summed E-state index contributed by atoms with van der Waals surface area (Å²) in [5.74, 6) is 1.53. The third-order valence-electron chi connectivity index (χ3n) is 6.97. The predicted molar refractivity (Wildman–Crippen MR) is 133 cm³/mol. The molecule has 5 rings (SSSR count). The number of furan rings is 1. The van der Waals surface area contributed by atoms with E-state index in [1.165, 1.54) is 0 Å². The molecule has 10 heteroatoms. The number of morpholine rings is 1. The monoisotopic (exact) mass is 513 g/mol. The van der Waals surface area contributed by atoms with Gasteiger partial charge in [0.25, 0.3) is 5.91 Å². The fourth-order valence-corrected chi connectivity index (χ4v) is 4.92. The minimum Gasteiger partial charge on any atom is -0.467 e. The van der Waals surface area contributed by atoms with Crippen LogP contribution in [0.4, 0.5) is 0 Å². The summed E-state index contributed by atoms with van der Waals surface area (Å²) in [6, 6.07) is 8.82. The van der Waals surface area contributed by atoms with Gasteiger partial charge < -0.3 is 33.2 Å². The highest BCUT2D eigenvalue weighted by Crippen LogP contribution is 2.33. The van der Waals surface area contributed by atoms with Crippen LogP contribution >= 0.6 is 0 Å². The molecule has 1 aromatic heterocycles. The molecule has 2 amide bonds. The van der Waals surface area contributed by atoms with Gasteiger partial charge in [-0.15, -0.1) is 0 Å². The van der Waals surface area contributed by atoms with Gasteiger partial charge in [-0.2, -0.15) is 0 Å². The van der Waals surface area contributed by atoms with E-state index in [0.717, 1.165) is 52.1 Å². The molecular formula is C27H35N3O7. The number of benzene rings is 1. The maximum Gasteiger partial charge on any atom is 0.254 e. The molecule has 2 fully saturated rings. The van der Waals surface area contributed by atoms with Crippen molar-refractivity contribution in [2.45, 2.75) is 31.9 Å². The zero-order chi connectivity index (χ0) is 25.5. The average Bonchev–Trinajstić information content (AvgIpc) is 3.71. The molecule has 3 aliphatic rings. The number of rotatable bonds is 11. The molecule has 1 aromatic carbocycles. The number of amides is 2. The molecule has 2 saturated heterocycles. The van der Waals surface area contributed by atoms with E-state index in [1.807, 2.05) is 12.1 Å². The molecule has 1 atom stereocenters. The predicted octanol–water partition coefficient (Wildman–Crippen LogP) is 2.38. The third-order valence-corrected chi connectivity index (χ3v) is 6.97. The largest absolute Gasteiger partial charge is 0.467 e. The van der Waals surface area contributed by atoms with Crippen LogP contribution < -0.4 is 9.47 Å². The van der Waals surface area contributed by atoms with E-state index in [0.29, 0.717) is 49.1 Å². The Labute approximate surface area is 217 Å². The molecule has 10 nitrogen and oxygen atoms in total. The van der Waals surface area contributed by atoms with E-state index in [4.69, 9.17) is 23.4 Å². The van der Waals surface area contributed by atoms with Gasteiger partial charge in [-0.3, -0.25) is 14.5 Å². The van der Waals surface area contributed by atoms with Crippen molar-refractivity contribution < 1.29 is 33.0 Å². The first-order chi connectivity index (χ1) is 18.2. The van der Waals surface area contributed by atoms with Crippen molar-refractivity contribution in [3.05, 3.63) is 47.9 Å². The van der Waals surface area contributed by atoms with Gasteiger partial charge in [-0.25, -0.2) is 0 Å². The van der Waals surface area contributed by atoms with E-state index in [2.05, 4.69) is 4.90 Å². The van der Waals surface area contributed by atoms with Gasteiger partial charge in [-0.1, -0.05) is 0 Å². The Morgan fingerprint density at radius 2 is 1.89 bits per heavy atom. The number of carbonyl (C=O) groups excluding carboxylic acids is 2. The molecule has 0 radical (unpaired) electrons. The van der Waals surface area contributed by atoms with Crippen LogP contribution in [0.25, 0.3) is 0 Å². The topological polar surface area (TPSA) is 93.9 Å². The number of hydrogen-bond acceptors (Lipinski definition) is 8. The summed E-state index contributed by atoms with van der Waals surface area (Å²) in [6.07, 6.45) is 4.27. The van der Waals surface area contributed by atoms with Crippen LogP contribution in [0.5, 0.6) is 11.5 Å². The van der Waals surface area contributed by atoms with Crippen molar-refractivity contribution >= 4 is 11.8 Å². The first-order valence-electron chi connectivity index (χ1n) is 13.1. The Morgan fingerprint density at radius 3 is 2.68 bits per heavy atom. The molecule has 0 saturated carbocycles. The van der Waals surface area contributed by atoms with Crippen LogP contribution in [0.2, 0.25) is 0 Å². The van der Waals surface area contributed by atoms with E-state index >= 15 is 0 Å². The Hall–Kier alpha value is -3.08. The molecule has 2 aromatic rings. The lowest BCUT2D eigenvalue weighted by Gasteiger charge is -2.30. The van der Waals surface area contributed by atoms with Crippen molar-refractivity contribution in [2.24, 2.45) is 0 Å². The summed E-state index contributed by atoms with van der Waals surface area (Å²) in [6.45, 7) is 6.16. The minimum absolute atomic E-state index is 0.00163. The Morgan fingerprint density at radius 1 is 1.03 bits per heavy atom. The molecular weight excluding hydrogens is 478 g/mol. The second kappa shape index (κ2) is 12.4. The van der Waals surface area contributed by atoms with E-state index in [9.17, 15) is 9.59 Å². The van der Waals surface area contributed by atoms with Gasteiger partial charge in [0.2, 0.25) is 12.7 Å². The molecule has 0 aliphatic carbocycles. The number of ether oxygens (including phenoxy) is 4. The van der Waals surface area contributed by atoms with Crippen LogP contribution in [0.3, 0.4) is 0 Å². The minimum atomic E-state index is -0.205. The fraction of sp³-hybridized carbons (Fsp3) is 0.556. The van der Waals surface area contributed by atoms with Crippen molar-refractivity contribution in [3.8, 4) is 11.5 Å². The van der Waals surface area contributed by atoms with Gasteiger partial charge >= 0.3 is 0 Å². The lowest BCUT2D eigenvalue weighted by Crippen LogP contribution is -2.46. The smallest absolute Gasteiger partial charge is 0.254 e. The van der Waals surface area contributed by atoms with E-state index in [1.54, 1.807) is 34.3 Å². The Bertz CT molecular complexity index is 1030. The maximum atomic E-state index is 13.6. The van der Waals surface area contributed by atoms with Gasteiger partial charge in [0.1, 0.15) is 12.3 Å². The van der Waals surface area contributed by atoms with Crippen LogP contribution in [0, 0.1) is 0 Å². The van der Waals surface area contributed by atoms with Crippen LogP contribution in [-0.2, 0) is 20.8 Å². The highest BCUT2D eigenvalue weighted by atomic mass is 16.7. The first-order valence-corrected chi connectivity index (χ1v) is 13.1. The zero-order valence-electron chi connectivity index (χ0n) is 21.1. The first kappa shape index (κ1) is 25.6. The summed E-state index contributed by atoms with van der Waals surface area (Å²) in [5.41, 5.74) is 0.472. The quantitative estimate of drug-likeness (QED) is 0.452. The van der Waals surface area contributed by atoms with Crippen molar-refractivity contribution in [3.63, 3.8) is 0 Å². The summed E-state index contributed by atoms with van der Waals surface area (Å²) in [7, 11) is 0. The number of nitrogens with zero attached hydrogens (tertiary/aromatic N) is 3. The van der Waals surface area contributed by atoms with Gasteiger partial charge in [0, 0.05) is 44.9 Å². The molecule has 200 valence electrons. The van der Waals surface area contributed by atoms with Crippen molar-refractivity contribution in [1.29, 1.82) is 0 Å². The lowest BCUT2D eigenvalue weighted by molar-refractivity contribution is -0.134. The molecule has 0 bridgehead atoms. The lowest BCUT2D eigenvalue weighted by atomic mass is 10.1. The Balaban J connectivity index is 1.29. The average molecular weight is 514 g/mol. The molecule has 4 heterocycles. The van der Waals surface area contributed by atoms with Crippen LogP contribution in [0.15, 0.2) is 41.0 Å². The fourth-order valence-electron chi connectivity index (χ4n) is 4.92. The third kappa shape index (κ3) is 6.82. The molecule has 0 spiro atoms. The summed E-state index contributed by atoms with van der Waals surface area (Å²) >= 11 is 0. The zero-order valence-corrected chi connectivity index (χ0v) is 21.1. The number of fused-ring (bicyclic) bond motifs is 1. The van der Waals surface area contributed by atoms with Gasteiger partial charge in [0.05, 0.1) is 32.1 Å². The highest BCUT2D eigenvalue weighted by molar-refractivity contribution is 5.97. The van der Waals surface area contributed by atoms with Crippen molar-refractivity contribution in [1.82, 2.24) is 14.7 Å². The van der Waals surface area contributed by atoms with E-state index < -0.39 is 0 Å². The van der Waals surface area contributed by atoms with Gasteiger partial charge in [-0.05, 0) is 49.6 Å². The van der Waals surface area contributed by atoms with Crippen LogP contribution in [0.1, 0.15) is 35.4 Å². The molecule has 3 aliphatic heterocycles. The number of carbonyl (C=O) groups is 2. The highest BCUT2D eigenvalue weighted by Gasteiger charge is 2.28. The molecule has 1 unspecified atom stereocenters. The normalized spacial score (nSPS) is 19.2. The summed E-state index contributed by atoms with van der Waals surface area (Å²) in [4.78, 5) is 33.0. The summed E-state index contributed by atoms with van der Waals surface area (Å²) in [5, 5.41) is 0. The molecule has 0 N–H and O–H groups in total. The number of hydrogen-bond donors (Lipinski definition) is 0. The molecule has 37 heavy (non-hydrogen) atoms. The summed E-state index contributed by atoms with van der Waals surface area (Å²) < 4.78 is 27.6. The van der Waals surface area contributed by atoms with Gasteiger partial charge in [0.15, 0.2) is 11.5 Å². The van der Waals surface area contributed by atoms with Crippen molar-refractivity contribution in [2.75, 3.05) is 65.9 Å².